The number of rotatable bonds is 2. The van der Waals surface area contributed by atoms with Crippen molar-refractivity contribution in [1.29, 1.82) is 0 Å². The second kappa shape index (κ2) is 4.61. The molecule has 0 heterocycles. The molecular weight excluding hydrogens is 233 g/mol. The molecule has 0 unspecified atom stereocenters. The molecule has 0 spiro atoms. The highest BCUT2D eigenvalue weighted by Gasteiger charge is 2.13. The van der Waals surface area contributed by atoms with Crippen LogP contribution in [-0.2, 0) is 0 Å². The van der Waals surface area contributed by atoms with Crippen LogP contribution in [0.5, 0.6) is 0 Å². The first-order valence-electron chi connectivity index (χ1n) is 4.55. The third-order valence-electron chi connectivity index (χ3n) is 1.97. The van der Waals surface area contributed by atoms with Gasteiger partial charge in [-0.05, 0) is 24.3 Å². The normalized spacial score (nSPS) is 10.4. The van der Waals surface area contributed by atoms with Gasteiger partial charge in [0.05, 0.1) is 4.90 Å². The minimum Gasteiger partial charge on any atom is -0.204 e. The van der Waals surface area contributed by atoms with Crippen LogP contribution in [0.1, 0.15) is 0 Å². The molecule has 0 N–H and O–H groups in total. The molecule has 2 rings (SSSR count). The Morgan fingerprint density at radius 2 is 1.44 bits per heavy atom. The van der Waals surface area contributed by atoms with Crippen LogP contribution in [0.25, 0.3) is 0 Å². The Kier molecular flexibility index (Phi) is 3.19. The molecule has 0 aromatic heterocycles. The summed E-state index contributed by atoms with van der Waals surface area (Å²) in [6.45, 7) is 0. The largest absolute Gasteiger partial charge is 0.204 e. The number of benzene rings is 2. The van der Waals surface area contributed by atoms with Crippen LogP contribution < -0.4 is 0 Å². The summed E-state index contributed by atoms with van der Waals surface area (Å²) < 4.78 is 38.9. The van der Waals surface area contributed by atoms with E-state index in [-0.39, 0.29) is 4.90 Å². The van der Waals surface area contributed by atoms with Gasteiger partial charge in [0, 0.05) is 4.90 Å². The second-order valence-electron chi connectivity index (χ2n) is 3.09. The summed E-state index contributed by atoms with van der Waals surface area (Å²) in [7, 11) is 0. The smallest absolute Gasteiger partial charge is 0.195 e. The zero-order valence-corrected chi connectivity index (χ0v) is 8.90. The molecule has 0 aliphatic carbocycles. The standard InChI is InChI=1S/C12H7F3S/c13-9-6-7-10(12(15)11(9)14)16-8-4-2-1-3-5-8/h1-7H. The average molecular weight is 240 g/mol. The molecule has 82 valence electrons. The fourth-order valence-electron chi connectivity index (χ4n) is 1.20. The summed E-state index contributed by atoms with van der Waals surface area (Å²) >= 11 is 1.06. The van der Waals surface area contributed by atoms with E-state index in [1.165, 1.54) is 6.07 Å². The number of hydrogen-bond donors (Lipinski definition) is 0. The summed E-state index contributed by atoms with van der Waals surface area (Å²) in [5, 5.41) is 0. The quantitative estimate of drug-likeness (QED) is 0.707. The van der Waals surface area contributed by atoms with Gasteiger partial charge in [-0.15, -0.1) is 0 Å². The van der Waals surface area contributed by atoms with Crippen LogP contribution >= 0.6 is 11.8 Å². The van der Waals surface area contributed by atoms with Crippen molar-refractivity contribution in [3.05, 3.63) is 59.9 Å². The van der Waals surface area contributed by atoms with Crippen molar-refractivity contribution in [2.24, 2.45) is 0 Å². The highest BCUT2D eigenvalue weighted by atomic mass is 32.2. The van der Waals surface area contributed by atoms with Crippen LogP contribution in [-0.4, -0.2) is 0 Å². The maximum absolute atomic E-state index is 13.3. The number of hydrogen-bond acceptors (Lipinski definition) is 1. The predicted molar refractivity (Wildman–Crippen MR) is 56.9 cm³/mol. The van der Waals surface area contributed by atoms with E-state index in [9.17, 15) is 13.2 Å². The molecule has 0 atom stereocenters. The van der Waals surface area contributed by atoms with E-state index >= 15 is 0 Å². The van der Waals surface area contributed by atoms with Crippen LogP contribution in [0.2, 0.25) is 0 Å². The summed E-state index contributed by atoms with van der Waals surface area (Å²) in [4.78, 5) is 0.845. The van der Waals surface area contributed by atoms with Gasteiger partial charge in [-0.2, -0.15) is 0 Å². The predicted octanol–water partition coefficient (Wildman–Crippen LogP) is 4.26. The summed E-state index contributed by atoms with van der Waals surface area (Å²) in [6.07, 6.45) is 0. The van der Waals surface area contributed by atoms with Crippen molar-refractivity contribution in [2.75, 3.05) is 0 Å². The minimum absolute atomic E-state index is 0.0742. The van der Waals surface area contributed by atoms with Gasteiger partial charge in [0.2, 0.25) is 0 Å². The zero-order chi connectivity index (χ0) is 11.5. The summed E-state index contributed by atoms with van der Waals surface area (Å²) in [6, 6.07) is 11.1. The average Bonchev–Trinajstić information content (AvgIpc) is 2.31. The molecule has 0 radical (unpaired) electrons. The first kappa shape index (κ1) is 11.1. The van der Waals surface area contributed by atoms with E-state index < -0.39 is 17.5 Å². The van der Waals surface area contributed by atoms with E-state index in [0.717, 1.165) is 22.7 Å². The van der Waals surface area contributed by atoms with E-state index in [1.54, 1.807) is 24.3 Å². The van der Waals surface area contributed by atoms with Crippen molar-refractivity contribution in [1.82, 2.24) is 0 Å². The van der Waals surface area contributed by atoms with Gasteiger partial charge in [-0.1, -0.05) is 30.0 Å². The van der Waals surface area contributed by atoms with Gasteiger partial charge >= 0.3 is 0 Å². The highest BCUT2D eigenvalue weighted by molar-refractivity contribution is 7.99. The molecule has 0 amide bonds. The highest BCUT2D eigenvalue weighted by Crippen LogP contribution is 2.31. The third kappa shape index (κ3) is 2.22. The van der Waals surface area contributed by atoms with Gasteiger partial charge in [-0.3, -0.25) is 0 Å². The second-order valence-corrected chi connectivity index (χ2v) is 4.20. The van der Waals surface area contributed by atoms with Crippen molar-refractivity contribution in [3.8, 4) is 0 Å². The van der Waals surface area contributed by atoms with Crippen LogP contribution in [0, 0.1) is 17.5 Å². The molecule has 0 fully saturated rings. The molecule has 0 nitrogen and oxygen atoms in total. The molecule has 0 saturated heterocycles. The van der Waals surface area contributed by atoms with Crippen molar-refractivity contribution < 1.29 is 13.2 Å². The van der Waals surface area contributed by atoms with Crippen LogP contribution in [0.4, 0.5) is 13.2 Å². The van der Waals surface area contributed by atoms with Gasteiger partial charge < -0.3 is 0 Å². The van der Waals surface area contributed by atoms with Gasteiger partial charge in [0.25, 0.3) is 0 Å². The Labute approximate surface area is 95.1 Å². The lowest BCUT2D eigenvalue weighted by Crippen LogP contribution is -1.92. The van der Waals surface area contributed by atoms with E-state index in [4.69, 9.17) is 0 Å². The lowest BCUT2D eigenvalue weighted by atomic mass is 10.3. The molecule has 0 aliphatic rings. The lowest BCUT2D eigenvalue weighted by molar-refractivity contribution is 0.435. The first-order chi connectivity index (χ1) is 7.68. The molecular formula is C12H7F3S. The lowest BCUT2D eigenvalue weighted by Gasteiger charge is -2.04. The molecule has 0 saturated carbocycles. The summed E-state index contributed by atoms with van der Waals surface area (Å²) in [5.74, 6) is -3.75. The zero-order valence-electron chi connectivity index (χ0n) is 8.08. The summed E-state index contributed by atoms with van der Waals surface area (Å²) in [5.41, 5.74) is 0. The van der Waals surface area contributed by atoms with Crippen LogP contribution in [0.3, 0.4) is 0 Å². The molecule has 0 aliphatic heterocycles. The molecule has 2 aromatic carbocycles. The Balaban J connectivity index is 2.33. The molecule has 4 heteroatoms. The van der Waals surface area contributed by atoms with Crippen molar-refractivity contribution in [3.63, 3.8) is 0 Å². The molecule has 0 bridgehead atoms. The van der Waals surface area contributed by atoms with Crippen LogP contribution in [0.15, 0.2) is 52.3 Å². The van der Waals surface area contributed by atoms with E-state index in [0.29, 0.717) is 0 Å². The monoisotopic (exact) mass is 240 g/mol. The molecule has 2 aromatic rings. The Hall–Kier alpha value is -1.42. The fourth-order valence-corrected chi connectivity index (χ4v) is 2.06. The van der Waals surface area contributed by atoms with Crippen molar-refractivity contribution in [2.45, 2.75) is 9.79 Å². The number of halogens is 3. The van der Waals surface area contributed by atoms with E-state index in [1.807, 2.05) is 6.07 Å². The maximum atomic E-state index is 13.3. The van der Waals surface area contributed by atoms with E-state index in [2.05, 4.69) is 0 Å². The maximum Gasteiger partial charge on any atom is 0.195 e. The Bertz CT molecular complexity index is 497. The third-order valence-corrected chi connectivity index (χ3v) is 3.01. The Morgan fingerprint density at radius 1 is 0.750 bits per heavy atom. The Morgan fingerprint density at radius 3 is 2.12 bits per heavy atom. The molecule has 16 heavy (non-hydrogen) atoms. The fraction of sp³-hybridized carbons (Fsp3) is 0. The van der Waals surface area contributed by atoms with Gasteiger partial charge in [0.1, 0.15) is 0 Å². The first-order valence-corrected chi connectivity index (χ1v) is 5.36. The van der Waals surface area contributed by atoms with Crippen molar-refractivity contribution >= 4 is 11.8 Å². The SMILES string of the molecule is Fc1ccc(Sc2ccccc2)c(F)c1F. The topological polar surface area (TPSA) is 0 Å². The van der Waals surface area contributed by atoms with Gasteiger partial charge in [-0.25, -0.2) is 13.2 Å². The minimum atomic E-state index is -1.43. The van der Waals surface area contributed by atoms with Gasteiger partial charge in [0.15, 0.2) is 17.5 Å².